The van der Waals surface area contributed by atoms with E-state index in [-0.39, 0.29) is 28.9 Å². The van der Waals surface area contributed by atoms with Gasteiger partial charge < -0.3 is 19.8 Å². The third-order valence-corrected chi connectivity index (χ3v) is 11.0. The highest BCUT2D eigenvalue weighted by atomic mass is 28.4. The molecule has 0 unspecified atom stereocenters. The number of hydrogen-bond donors (Lipinski definition) is 1. The minimum Gasteiger partial charge on any atom is -0.460 e. The van der Waals surface area contributed by atoms with Gasteiger partial charge in [-0.15, -0.1) is 0 Å². The second-order valence-corrected chi connectivity index (χ2v) is 16.4. The molecule has 1 aromatic rings. The lowest BCUT2D eigenvalue weighted by Crippen LogP contribution is -2.55. The maximum absolute atomic E-state index is 12.8. The summed E-state index contributed by atoms with van der Waals surface area (Å²) in [7, 11) is -2.00. The minimum absolute atomic E-state index is 0.00743. The molecule has 1 aliphatic rings. The number of hydrogen-bond acceptors (Lipinski definition) is 6. The number of carbonyl (C=O) groups excluding carboxylic acids is 1. The van der Waals surface area contributed by atoms with Gasteiger partial charge >= 0.3 is 5.97 Å². The molecule has 0 spiro atoms. The van der Waals surface area contributed by atoms with E-state index < -0.39 is 13.9 Å². The predicted octanol–water partition coefficient (Wildman–Crippen LogP) is 5.17. The van der Waals surface area contributed by atoms with Crippen LogP contribution in [0.15, 0.2) is 12.4 Å². The molecular weight excluding hydrogens is 406 g/mol. The average molecular weight is 450 g/mol. The van der Waals surface area contributed by atoms with Gasteiger partial charge in [0.1, 0.15) is 5.60 Å². The lowest BCUT2D eigenvalue weighted by atomic mass is 9.84. The molecule has 2 N–H and O–H groups in total. The summed E-state index contributed by atoms with van der Waals surface area (Å²) in [5.41, 5.74) is 8.54. The summed E-state index contributed by atoms with van der Waals surface area (Å²) in [4.78, 5) is 19.3. The van der Waals surface area contributed by atoms with Crippen LogP contribution in [0.5, 0.6) is 0 Å². The van der Waals surface area contributed by atoms with E-state index in [0.29, 0.717) is 18.7 Å². The molecule has 2 rings (SSSR count). The van der Waals surface area contributed by atoms with E-state index >= 15 is 0 Å². The third-order valence-electron chi connectivity index (χ3n) is 6.52. The van der Waals surface area contributed by atoms with E-state index in [1.54, 1.807) is 6.20 Å². The monoisotopic (exact) mass is 449 g/mol. The first-order valence-electron chi connectivity index (χ1n) is 11.4. The largest absolute Gasteiger partial charge is 0.460 e. The van der Waals surface area contributed by atoms with Crippen molar-refractivity contribution in [1.82, 2.24) is 4.98 Å². The van der Waals surface area contributed by atoms with Crippen LogP contribution in [0.4, 0.5) is 11.4 Å². The highest BCUT2D eigenvalue weighted by Gasteiger charge is 2.45. The Kier molecular flexibility index (Phi) is 7.53. The van der Waals surface area contributed by atoms with Gasteiger partial charge in [0.2, 0.25) is 0 Å². The van der Waals surface area contributed by atoms with Gasteiger partial charge in [0, 0.05) is 25.2 Å². The van der Waals surface area contributed by atoms with Crippen molar-refractivity contribution in [3.8, 4) is 0 Å². The number of anilines is 2. The quantitative estimate of drug-likeness (QED) is 0.494. The molecule has 0 aromatic carbocycles. The number of piperidine rings is 1. The van der Waals surface area contributed by atoms with Crippen molar-refractivity contribution in [3.05, 3.63) is 18.0 Å². The van der Waals surface area contributed by atoms with Gasteiger partial charge in [-0.2, -0.15) is 0 Å². The molecule has 6 nitrogen and oxygen atoms in total. The van der Waals surface area contributed by atoms with Crippen LogP contribution in [0, 0.1) is 18.8 Å². The summed E-state index contributed by atoms with van der Waals surface area (Å²) >= 11 is 0. The Hall–Kier alpha value is -1.60. The highest BCUT2D eigenvalue weighted by Crippen LogP contribution is 2.42. The van der Waals surface area contributed by atoms with E-state index in [0.717, 1.165) is 17.8 Å². The van der Waals surface area contributed by atoms with Crippen LogP contribution < -0.4 is 10.6 Å². The average Bonchev–Trinajstić information content (AvgIpc) is 2.55. The Morgan fingerprint density at radius 3 is 2.32 bits per heavy atom. The van der Waals surface area contributed by atoms with Gasteiger partial charge in [0.15, 0.2) is 8.32 Å². The summed E-state index contributed by atoms with van der Waals surface area (Å²) in [6.07, 6.45) is 3.89. The zero-order valence-electron chi connectivity index (χ0n) is 21.2. The molecule has 0 radical (unpaired) electrons. The number of nitrogens with two attached hydrogens (primary N) is 1. The second-order valence-electron chi connectivity index (χ2n) is 11.7. The maximum Gasteiger partial charge on any atom is 0.306 e. The highest BCUT2D eigenvalue weighted by molar-refractivity contribution is 6.74. The molecule has 3 atom stereocenters. The molecule has 0 amide bonds. The molecule has 176 valence electrons. The number of pyridine rings is 1. The van der Waals surface area contributed by atoms with Gasteiger partial charge in [-0.05, 0) is 57.3 Å². The molecule has 0 bridgehead atoms. The molecule has 1 fully saturated rings. The van der Waals surface area contributed by atoms with E-state index in [9.17, 15) is 4.79 Å². The standard InChI is InChI=1S/C24H43N3O3Si/c1-16-12-26-13-19(25)21(16)27-14-17(2)22(30-31(9,10)24(6,7)8)18(15-27)11-20(28)29-23(3,4)5/h12-13,17-18,22H,11,14-15,25H2,1-10H3/t17-,18+,22+/m0/s1. The van der Waals surface area contributed by atoms with Crippen LogP contribution in [-0.2, 0) is 14.0 Å². The van der Waals surface area contributed by atoms with Crippen LogP contribution in [-0.4, -0.2) is 44.1 Å². The van der Waals surface area contributed by atoms with Crippen molar-refractivity contribution >= 4 is 25.7 Å². The molecule has 7 heteroatoms. The maximum atomic E-state index is 12.8. The third kappa shape index (κ3) is 6.45. The Bertz CT molecular complexity index is 763. The Labute approximate surface area is 190 Å². The molecule has 2 heterocycles. The van der Waals surface area contributed by atoms with Crippen LogP contribution >= 0.6 is 0 Å². The summed E-state index contributed by atoms with van der Waals surface area (Å²) in [5.74, 6) is 0.108. The van der Waals surface area contributed by atoms with Crippen LogP contribution in [0.2, 0.25) is 18.1 Å². The Morgan fingerprint density at radius 2 is 1.81 bits per heavy atom. The number of aryl methyl sites for hydroxylation is 1. The van der Waals surface area contributed by atoms with Crippen molar-refractivity contribution in [2.75, 3.05) is 23.7 Å². The molecular formula is C24H43N3O3Si. The first-order chi connectivity index (χ1) is 14.0. The Balaban J connectivity index is 2.35. The molecule has 0 aliphatic carbocycles. The summed E-state index contributed by atoms with van der Waals surface area (Å²) < 4.78 is 12.6. The first kappa shape index (κ1) is 25.7. The molecule has 1 aliphatic heterocycles. The fraction of sp³-hybridized carbons (Fsp3) is 0.750. The lowest BCUT2D eigenvalue weighted by Gasteiger charge is -2.48. The van der Waals surface area contributed by atoms with E-state index in [2.05, 4.69) is 50.7 Å². The van der Waals surface area contributed by atoms with Gasteiger partial charge in [-0.25, -0.2) is 0 Å². The second kappa shape index (κ2) is 9.10. The number of carbonyl (C=O) groups is 1. The van der Waals surface area contributed by atoms with Gasteiger partial charge in [-0.1, -0.05) is 27.7 Å². The van der Waals surface area contributed by atoms with Crippen LogP contribution in [0.25, 0.3) is 0 Å². The fourth-order valence-corrected chi connectivity index (χ4v) is 5.54. The van der Waals surface area contributed by atoms with Crippen molar-refractivity contribution in [2.45, 2.75) is 91.6 Å². The molecule has 0 saturated carbocycles. The van der Waals surface area contributed by atoms with E-state index in [1.807, 2.05) is 33.9 Å². The summed E-state index contributed by atoms with van der Waals surface area (Å²) in [6, 6.07) is 0. The molecule has 1 aromatic heterocycles. The number of rotatable bonds is 5. The Morgan fingerprint density at radius 1 is 1.19 bits per heavy atom. The minimum atomic E-state index is -2.00. The zero-order valence-corrected chi connectivity index (χ0v) is 22.2. The fourth-order valence-electron chi connectivity index (χ4n) is 4.08. The van der Waals surface area contributed by atoms with Gasteiger partial charge in [0.05, 0.1) is 30.1 Å². The number of ether oxygens (including phenoxy) is 1. The smallest absolute Gasteiger partial charge is 0.306 e. The van der Waals surface area contributed by atoms with E-state index in [4.69, 9.17) is 14.9 Å². The van der Waals surface area contributed by atoms with Gasteiger partial charge in [0.25, 0.3) is 0 Å². The van der Waals surface area contributed by atoms with Crippen LogP contribution in [0.3, 0.4) is 0 Å². The lowest BCUT2D eigenvalue weighted by molar-refractivity contribution is -0.157. The SMILES string of the molecule is Cc1cncc(N)c1N1C[C@@H](CC(=O)OC(C)(C)C)[C@H](O[Si](C)(C)C(C)(C)C)[C@@H](C)C1. The number of esters is 1. The number of nitrogens with zero attached hydrogens (tertiary/aromatic N) is 2. The normalized spacial score (nSPS) is 23.0. The van der Waals surface area contributed by atoms with Gasteiger partial charge in [-0.3, -0.25) is 9.78 Å². The molecule has 1 saturated heterocycles. The van der Waals surface area contributed by atoms with Crippen LogP contribution in [0.1, 0.15) is 60.5 Å². The zero-order chi connectivity index (χ0) is 23.8. The van der Waals surface area contributed by atoms with E-state index in [1.165, 1.54) is 0 Å². The van der Waals surface area contributed by atoms with Crippen molar-refractivity contribution in [3.63, 3.8) is 0 Å². The van der Waals surface area contributed by atoms with Crippen molar-refractivity contribution in [1.29, 1.82) is 0 Å². The number of aromatic nitrogens is 1. The van der Waals surface area contributed by atoms with Crippen molar-refractivity contribution in [2.24, 2.45) is 11.8 Å². The predicted molar refractivity (Wildman–Crippen MR) is 131 cm³/mol. The van der Waals surface area contributed by atoms with Crippen molar-refractivity contribution < 1.29 is 14.0 Å². The molecule has 31 heavy (non-hydrogen) atoms. The topological polar surface area (TPSA) is 77.7 Å². The summed E-state index contributed by atoms with van der Waals surface area (Å²) in [5, 5.41) is 0.104. The summed E-state index contributed by atoms with van der Waals surface area (Å²) in [6.45, 7) is 22.8. The first-order valence-corrected chi connectivity index (χ1v) is 14.3. The number of nitrogen functional groups attached to an aromatic ring is 1.